The molecule has 4 aliphatic heterocycles. The first-order valence-electron chi connectivity index (χ1n) is 13.5. The highest BCUT2D eigenvalue weighted by Gasteiger charge is 2.54. The normalized spacial score (nSPS) is 28.3. The average Bonchev–Trinajstić information content (AvgIpc) is 3.24. The number of carbonyl (C=O) groups is 1. The summed E-state index contributed by atoms with van der Waals surface area (Å²) in [4.78, 5) is 31.2. The van der Waals surface area contributed by atoms with E-state index >= 15 is 0 Å². The second kappa shape index (κ2) is 10.3. The standard InChI is InChI=1S/C26H40N5O4S/c1-27(2)22-6-8-23(9-7-22)36(34,35)29-15-10-20(11-16-29)21-12-17-30-25(18-21)24(19-31(30)33)26(32)28-13-4-3-5-14-28/h6-9,20-21,24-25H,3-5,10-19H2,1-2H3/q+1. The lowest BCUT2D eigenvalue weighted by molar-refractivity contribution is -0.692. The Morgan fingerprint density at radius 1 is 0.917 bits per heavy atom. The monoisotopic (exact) mass is 518 g/mol. The van der Waals surface area contributed by atoms with Gasteiger partial charge in [-0.05, 0) is 81.0 Å². The van der Waals surface area contributed by atoms with Gasteiger partial charge in [0.2, 0.25) is 22.5 Å². The van der Waals surface area contributed by atoms with Crippen LogP contribution in [0.25, 0.3) is 0 Å². The van der Waals surface area contributed by atoms with Crippen LogP contribution in [0.15, 0.2) is 29.2 Å². The number of nitrogens with zero attached hydrogens (tertiary/aromatic N) is 5. The highest BCUT2D eigenvalue weighted by atomic mass is 32.2. The molecule has 5 rings (SSSR count). The van der Waals surface area contributed by atoms with E-state index in [4.69, 9.17) is 0 Å². The molecule has 1 aromatic carbocycles. The Kier molecular flexibility index (Phi) is 7.27. The molecular weight excluding hydrogens is 478 g/mol. The van der Waals surface area contributed by atoms with Crippen molar-refractivity contribution in [1.29, 1.82) is 0 Å². The Morgan fingerprint density at radius 2 is 1.56 bits per heavy atom. The van der Waals surface area contributed by atoms with E-state index in [1.54, 1.807) is 16.4 Å². The van der Waals surface area contributed by atoms with Crippen molar-refractivity contribution in [2.75, 3.05) is 58.3 Å². The van der Waals surface area contributed by atoms with Gasteiger partial charge in [0, 0.05) is 46.0 Å². The minimum atomic E-state index is -3.50. The van der Waals surface area contributed by atoms with Crippen LogP contribution in [0.5, 0.6) is 0 Å². The Morgan fingerprint density at radius 3 is 2.19 bits per heavy atom. The van der Waals surface area contributed by atoms with E-state index < -0.39 is 10.0 Å². The van der Waals surface area contributed by atoms with E-state index in [9.17, 15) is 18.1 Å². The maximum Gasteiger partial charge on any atom is 0.243 e. The number of amides is 1. The van der Waals surface area contributed by atoms with Crippen molar-refractivity contribution in [2.24, 2.45) is 17.8 Å². The van der Waals surface area contributed by atoms with E-state index in [0.29, 0.717) is 36.4 Å². The number of piperidine rings is 3. The molecule has 4 saturated heterocycles. The van der Waals surface area contributed by atoms with E-state index in [-0.39, 0.29) is 24.4 Å². The summed E-state index contributed by atoms with van der Waals surface area (Å²) in [5.41, 5.74) is 0.972. The van der Waals surface area contributed by atoms with Gasteiger partial charge in [0.25, 0.3) is 0 Å². The largest absolute Gasteiger partial charge is 0.378 e. The van der Waals surface area contributed by atoms with Gasteiger partial charge in [-0.1, -0.05) is 0 Å². The molecule has 4 aliphatic rings. The molecular formula is C26H40N5O4S+. The molecule has 3 unspecified atom stereocenters. The minimum Gasteiger partial charge on any atom is -0.378 e. The topological polar surface area (TPSA) is 84.2 Å². The van der Waals surface area contributed by atoms with Crippen molar-refractivity contribution in [3.8, 4) is 0 Å². The Hall–Kier alpha value is -2.20. The molecule has 0 spiro atoms. The summed E-state index contributed by atoms with van der Waals surface area (Å²) >= 11 is 0. The van der Waals surface area contributed by atoms with Crippen molar-refractivity contribution in [3.05, 3.63) is 29.2 Å². The number of carbonyl (C=O) groups excluding carboxylic acids is 1. The number of benzene rings is 1. The van der Waals surface area contributed by atoms with E-state index in [1.165, 1.54) is 6.42 Å². The summed E-state index contributed by atoms with van der Waals surface area (Å²) in [5, 5.41) is 1.89. The van der Waals surface area contributed by atoms with Crippen LogP contribution in [-0.4, -0.2) is 92.8 Å². The second-order valence-corrected chi connectivity index (χ2v) is 13.1. The summed E-state index contributed by atoms with van der Waals surface area (Å²) in [6.07, 6.45) is 6.73. The lowest BCUT2D eigenvalue weighted by atomic mass is 9.75. The Bertz CT molecular complexity index is 1060. The highest BCUT2D eigenvalue weighted by molar-refractivity contribution is 7.89. The third-order valence-corrected chi connectivity index (χ3v) is 10.8. The zero-order chi connectivity index (χ0) is 25.4. The van der Waals surface area contributed by atoms with Crippen LogP contribution in [0.2, 0.25) is 0 Å². The smallest absolute Gasteiger partial charge is 0.243 e. The molecule has 1 aromatic rings. The first-order chi connectivity index (χ1) is 17.3. The van der Waals surface area contributed by atoms with E-state index in [0.717, 1.165) is 62.2 Å². The van der Waals surface area contributed by atoms with Gasteiger partial charge in [0.1, 0.15) is 16.8 Å². The number of hydrogen-bond acceptors (Lipinski definition) is 5. The number of likely N-dealkylation sites (tertiary alicyclic amines) is 1. The number of anilines is 1. The predicted octanol–water partition coefficient (Wildman–Crippen LogP) is 2.57. The fourth-order valence-electron chi connectivity index (χ4n) is 6.73. The molecule has 1 amide bonds. The molecule has 9 nitrogen and oxygen atoms in total. The van der Waals surface area contributed by atoms with Crippen LogP contribution in [0.1, 0.15) is 44.9 Å². The Balaban J connectivity index is 1.20. The minimum absolute atomic E-state index is 0.0207. The lowest BCUT2D eigenvalue weighted by Gasteiger charge is -2.40. The summed E-state index contributed by atoms with van der Waals surface area (Å²) < 4.78 is 28.1. The van der Waals surface area contributed by atoms with Crippen LogP contribution in [-0.2, 0) is 14.8 Å². The van der Waals surface area contributed by atoms with E-state index in [2.05, 4.69) is 0 Å². The number of nitroso groups, excluding NO2 is 1. The summed E-state index contributed by atoms with van der Waals surface area (Å²) in [6, 6.07) is 7.06. The average molecular weight is 519 g/mol. The molecule has 4 fully saturated rings. The van der Waals surface area contributed by atoms with Gasteiger partial charge in [-0.15, -0.1) is 5.01 Å². The fraction of sp³-hybridized carbons (Fsp3) is 0.731. The van der Waals surface area contributed by atoms with Gasteiger partial charge in [-0.2, -0.15) is 4.31 Å². The molecule has 0 saturated carbocycles. The third kappa shape index (κ3) is 4.86. The zero-order valence-electron chi connectivity index (χ0n) is 21.6. The number of sulfonamides is 1. The quantitative estimate of drug-likeness (QED) is 0.557. The molecule has 3 atom stereocenters. The van der Waals surface area contributed by atoms with Crippen LogP contribution < -0.4 is 4.90 Å². The van der Waals surface area contributed by atoms with Crippen LogP contribution in [0, 0.1) is 22.7 Å². The number of hydrogen-bond donors (Lipinski definition) is 0. The van der Waals surface area contributed by atoms with Gasteiger partial charge < -0.3 is 9.80 Å². The van der Waals surface area contributed by atoms with Crippen LogP contribution in [0.3, 0.4) is 0 Å². The van der Waals surface area contributed by atoms with Gasteiger partial charge >= 0.3 is 0 Å². The van der Waals surface area contributed by atoms with Gasteiger partial charge in [-0.25, -0.2) is 8.42 Å². The van der Waals surface area contributed by atoms with Crippen LogP contribution >= 0.6 is 0 Å². The van der Waals surface area contributed by atoms with Gasteiger partial charge in [0.05, 0.1) is 16.3 Å². The Labute approximate surface area is 215 Å². The van der Waals surface area contributed by atoms with E-state index in [1.807, 2.05) is 41.0 Å². The van der Waals surface area contributed by atoms with Crippen molar-refractivity contribution in [3.63, 3.8) is 0 Å². The number of hydrazine groups is 1. The fourth-order valence-corrected chi connectivity index (χ4v) is 8.20. The molecule has 0 bridgehead atoms. The van der Waals surface area contributed by atoms with Crippen molar-refractivity contribution < 1.29 is 18.1 Å². The maximum absolute atomic E-state index is 13.3. The van der Waals surface area contributed by atoms with Gasteiger partial charge in [0.15, 0.2) is 0 Å². The molecule has 10 heteroatoms. The SMILES string of the molecule is CN(C)c1ccc(S(=O)(=O)N2CCC(C3CCN4C(C3)C(C(=O)N3CCCCC3)C[N+]4=O)CC2)cc1. The molecule has 198 valence electrons. The van der Waals surface area contributed by atoms with Crippen molar-refractivity contribution >= 4 is 21.6 Å². The molecule has 0 aromatic heterocycles. The van der Waals surface area contributed by atoms with Gasteiger partial charge in [-0.3, -0.25) is 4.79 Å². The predicted molar refractivity (Wildman–Crippen MR) is 138 cm³/mol. The zero-order valence-corrected chi connectivity index (χ0v) is 22.4. The summed E-state index contributed by atoms with van der Waals surface area (Å²) in [6.45, 7) is 3.65. The summed E-state index contributed by atoms with van der Waals surface area (Å²) in [5.74, 6) is 0.777. The molecule has 36 heavy (non-hydrogen) atoms. The van der Waals surface area contributed by atoms with Crippen molar-refractivity contribution in [1.82, 2.24) is 14.2 Å². The molecule has 0 aliphatic carbocycles. The number of fused-ring (bicyclic) bond motifs is 1. The van der Waals surface area contributed by atoms with Crippen molar-refractivity contribution in [2.45, 2.75) is 55.9 Å². The third-order valence-electron chi connectivity index (χ3n) is 8.90. The maximum atomic E-state index is 13.3. The second-order valence-electron chi connectivity index (χ2n) is 11.2. The molecule has 4 heterocycles. The molecule has 0 radical (unpaired) electrons. The summed E-state index contributed by atoms with van der Waals surface area (Å²) in [7, 11) is 0.366. The highest BCUT2D eigenvalue weighted by Crippen LogP contribution is 2.40. The van der Waals surface area contributed by atoms with Crippen LogP contribution in [0.4, 0.5) is 5.69 Å². The first kappa shape index (κ1) is 25.4. The lowest BCUT2D eigenvalue weighted by Crippen LogP contribution is -2.49. The first-order valence-corrected chi connectivity index (χ1v) is 15.0. The molecule has 0 N–H and O–H groups in total. The number of rotatable bonds is 5.